The van der Waals surface area contributed by atoms with Crippen LogP contribution in [0.2, 0.25) is 0 Å². The summed E-state index contributed by atoms with van der Waals surface area (Å²) in [5.74, 6) is 1.32. The number of aromatic nitrogens is 3. The molecule has 0 aliphatic carbocycles. The van der Waals surface area contributed by atoms with Crippen LogP contribution >= 0.6 is 23.1 Å². The summed E-state index contributed by atoms with van der Waals surface area (Å²) >= 11 is 3.07. The molecule has 0 unspecified atom stereocenters. The standard InChI is InChI=1S/C13H16N4O2S2/c18-12(17-3-5-19-6-4-17)9-21-13-14-11(15-16-13)8-10-2-1-7-20-10/h1-2,7H,3-6,8-9H2,(H,14,15,16). The Morgan fingerprint density at radius 2 is 2.33 bits per heavy atom. The fourth-order valence-electron chi connectivity index (χ4n) is 2.03. The minimum absolute atomic E-state index is 0.118. The molecule has 0 atom stereocenters. The monoisotopic (exact) mass is 324 g/mol. The van der Waals surface area contributed by atoms with Crippen LogP contribution in [0.1, 0.15) is 10.7 Å². The molecule has 1 aliphatic rings. The van der Waals surface area contributed by atoms with Crippen LogP contribution < -0.4 is 0 Å². The van der Waals surface area contributed by atoms with Crippen LogP contribution in [0.3, 0.4) is 0 Å². The summed E-state index contributed by atoms with van der Waals surface area (Å²) in [4.78, 5) is 19.5. The second kappa shape index (κ2) is 7.06. The number of amides is 1. The molecule has 6 nitrogen and oxygen atoms in total. The van der Waals surface area contributed by atoms with Crippen molar-refractivity contribution in [2.45, 2.75) is 11.6 Å². The zero-order valence-electron chi connectivity index (χ0n) is 11.4. The average Bonchev–Trinajstić information content (AvgIpc) is 3.18. The Morgan fingerprint density at radius 3 is 3.10 bits per heavy atom. The van der Waals surface area contributed by atoms with Crippen molar-refractivity contribution in [3.05, 3.63) is 28.2 Å². The van der Waals surface area contributed by atoms with Gasteiger partial charge in [-0.2, -0.15) is 0 Å². The maximum Gasteiger partial charge on any atom is 0.233 e. The summed E-state index contributed by atoms with van der Waals surface area (Å²) < 4.78 is 5.24. The van der Waals surface area contributed by atoms with E-state index in [2.05, 4.69) is 21.2 Å². The summed E-state index contributed by atoms with van der Waals surface area (Å²) in [7, 11) is 0. The molecule has 0 radical (unpaired) electrons. The zero-order chi connectivity index (χ0) is 14.5. The number of hydrogen-bond donors (Lipinski definition) is 1. The van der Waals surface area contributed by atoms with Gasteiger partial charge >= 0.3 is 0 Å². The van der Waals surface area contributed by atoms with Crippen LogP contribution in [-0.2, 0) is 16.0 Å². The van der Waals surface area contributed by atoms with Crippen molar-refractivity contribution in [3.63, 3.8) is 0 Å². The highest BCUT2D eigenvalue weighted by atomic mass is 32.2. The number of H-pyrrole nitrogens is 1. The Bertz CT molecular complexity index is 579. The predicted octanol–water partition coefficient (Wildman–Crippen LogP) is 1.41. The lowest BCUT2D eigenvalue weighted by Gasteiger charge is -2.26. The van der Waals surface area contributed by atoms with Gasteiger partial charge in [0.25, 0.3) is 0 Å². The third-order valence-corrected chi connectivity index (χ3v) is 4.83. The van der Waals surface area contributed by atoms with E-state index in [0.29, 0.717) is 37.2 Å². The highest BCUT2D eigenvalue weighted by molar-refractivity contribution is 7.99. The van der Waals surface area contributed by atoms with Crippen LogP contribution in [-0.4, -0.2) is 58.0 Å². The maximum atomic E-state index is 12.0. The molecule has 2 aromatic rings. The number of aromatic amines is 1. The van der Waals surface area contributed by atoms with Crippen molar-refractivity contribution >= 4 is 29.0 Å². The number of carbonyl (C=O) groups is 1. The van der Waals surface area contributed by atoms with Crippen molar-refractivity contribution in [2.24, 2.45) is 0 Å². The lowest BCUT2D eigenvalue weighted by Crippen LogP contribution is -2.41. The average molecular weight is 324 g/mol. The Balaban J connectivity index is 1.49. The van der Waals surface area contributed by atoms with Crippen molar-refractivity contribution in [2.75, 3.05) is 32.1 Å². The molecule has 1 N–H and O–H groups in total. The first-order valence-electron chi connectivity index (χ1n) is 6.73. The van der Waals surface area contributed by atoms with Crippen LogP contribution in [0, 0.1) is 0 Å². The molecule has 0 spiro atoms. The van der Waals surface area contributed by atoms with Gasteiger partial charge in [0.15, 0.2) is 0 Å². The minimum Gasteiger partial charge on any atom is -0.378 e. The predicted molar refractivity (Wildman–Crippen MR) is 81.6 cm³/mol. The van der Waals surface area contributed by atoms with E-state index in [1.54, 1.807) is 11.3 Å². The number of thiophene rings is 1. The lowest BCUT2D eigenvalue weighted by molar-refractivity contribution is -0.132. The first-order chi connectivity index (χ1) is 10.3. The number of thioether (sulfide) groups is 1. The molecule has 0 saturated carbocycles. The van der Waals surface area contributed by atoms with Gasteiger partial charge in [0.2, 0.25) is 11.1 Å². The number of nitrogens with one attached hydrogen (secondary N) is 1. The van der Waals surface area contributed by atoms with E-state index >= 15 is 0 Å². The smallest absolute Gasteiger partial charge is 0.233 e. The van der Waals surface area contributed by atoms with Crippen LogP contribution in [0.4, 0.5) is 0 Å². The van der Waals surface area contributed by atoms with Crippen molar-refractivity contribution in [1.29, 1.82) is 0 Å². The quantitative estimate of drug-likeness (QED) is 0.842. The van der Waals surface area contributed by atoms with Gasteiger partial charge in [0.05, 0.1) is 19.0 Å². The molecule has 8 heteroatoms. The summed E-state index contributed by atoms with van der Waals surface area (Å²) in [5.41, 5.74) is 0. The summed E-state index contributed by atoms with van der Waals surface area (Å²) in [6.07, 6.45) is 0.753. The number of carbonyl (C=O) groups excluding carboxylic acids is 1. The molecule has 21 heavy (non-hydrogen) atoms. The van der Waals surface area contributed by atoms with Crippen LogP contribution in [0.25, 0.3) is 0 Å². The molecule has 3 heterocycles. The van der Waals surface area contributed by atoms with E-state index < -0.39 is 0 Å². The van der Waals surface area contributed by atoms with Gasteiger partial charge in [0.1, 0.15) is 5.82 Å². The van der Waals surface area contributed by atoms with Crippen LogP contribution in [0.15, 0.2) is 22.7 Å². The topological polar surface area (TPSA) is 71.1 Å². The van der Waals surface area contributed by atoms with Gasteiger partial charge in [-0.3, -0.25) is 9.89 Å². The van der Waals surface area contributed by atoms with E-state index in [0.717, 1.165) is 12.2 Å². The third-order valence-electron chi connectivity index (χ3n) is 3.12. The number of hydrogen-bond acceptors (Lipinski definition) is 6. The molecule has 1 fully saturated rings. The number of rotatable bonds is 5. The Hall–Kier alpha value is -1.38. The van der Waals surface area contributed by atoms with Gasteiger partial charge < -0.3 is 9.64 Å². The normalized spacial score (nSPS) is 15.3. The fourth-order valence-corrected chi connectivity index (χ4v) is 3.46. The van der Waals surface area contributed by atoms with Crippen LogP contribution in [0.5, 0.6) is 0 Å². The van der Waals surface area contributed by atoms with Crippen molar-refractivity contribution < 1.29 is 9.53 Å². The second-order valence-corrected chi connectivity index (χ2v) is 6.58. The van der Waals surface area contributed by atoms with E-state index in [4.69, 9.17) is 4.74 Å². The number of ether oxygens (including phenoxy) is 1. The summed E-state index contributed by atoms with van der Waals surface area (Å²) in [6.45, 7) is 2.61. The van der Waals surface area contributed by atoms with Gasteiger partial charge in [-0.05, 0) is 11.4 Å². The molecule has 1 aliphatic heterocycles. The first kappa shape index (κ1) is 14.6. The van der Waals surface area contributed by atoms with Crippen molar-refractivity contribution in [3.8, 4) is 0 Å². The Morgan fingerprint density at radius 1 is 1.48 bits per heavy atom. The lowest BCUT2D eigenvalue weighted by atomic mass is 10.3. The molecule has 0 bridgehead atoms. The highest BCUT2D eigenvalue weighted by Crippen LogP contribution is 2.16. The van der Waals surface area contributed by atoms with E-state index in [9.17, 15) is 4.79 Å². The van der Waals surface area contributed by atoms with Gasteiger partial charge in [-0.15, -0.1) is 16.4 Å². The third kappa shape index (κ3) is 4.05. The summed E-state index contributed by atoms with van der Waals surface area (Å²) in [6, 6.07) is 4.09. The van der Waals surface area contributed by atoms with Gasteiger partial charge in [-0.1, -0.05) is 17.8 Å². The van der Waals surface area contributed by atoms with Gasteiger partial charge in [0, 0.05) is 24.4 Å². The zero-order valence-corrected chi connectivity index (χ0v) is 13.1. The molecular weight excluding hydrogens is 308 g/mol. The van der Waals surface area contributed by atoms with Crippen molar-refractivity contribution in [1.82, 2.24) is 20.1 Å². The van der Waals surface area contributed by atoms with E-state index in [-0.39, 0.29) is 5.91 Å². The molecular formula is C13H16N4O2S2. The van der Waals surface area contributed by atoms with E-state index in [1.165, 1.54) is 16.6 Å². The highest BCUT2D eigenvalue weighted by Gasteiger charge is 2.17. The molecule has 0 aromatic carbocycles. The minimum atomic E-state index is 0.118. The first-order valence-corrected chi connectivity index (χ1v) is 8.60. The SMILES string of the molecule is O=C(CSc1n[nH]c(Cc2cccs2)n1)N1CCOCC1. The fraction of sp³-hybridized carbons (Fsp3) is 0.462. The largest absolute Gasteiger partial charge is 0.378 e. The molecule has 1 amide bonds. The summed E-state index contributed by atoms with van der Waals surface area (Å²) in [5, 5.41) is 9.75. The molecule has 3 rings (SSSR count). The number of nitrogens with zero attached hydrogens (tertiary/aromatic N) is 3. The molecule has 1 saturated heterocycles. The molecule has 2 aromatic heterocycles. The second-order valence-electron chi connectivity index (χ2n) is 4.60. The molecule has 112 valence electrons. The Labute approximate surface area is 130 Å². The van der Waals surface area contributed by atoms with Gasteiger partial charge in [-0.25, -0.2) is 4.98 Å². The Kier molecular flexibility index (Phi) is 4.89. The maximum absolute atomic E-state index is 12.0. The van der Waals surface area contributed by atoms with E-state index in [1.807, 2.05) is 16.3 Å². The number of morpholine rings is 1.